The standard InChI is InChI=1S/C11H21N3O3/c1-17-9-11(13,10(15)16)5-3-2-4-7-14-8-6-12/h2-3,6,12,14H,4-5,7-9,13H2,1H3,(H,15,16). The summed E-state index contributed by atoms with van der Waals surface area (Å²) in [5, 5.41) is 18.8. The molecule has 0 aliphatic heterocycles. The van der Waals surface area contributed by atoms with E-state index in [0.717, 1.165) is 13.0 Å². The first-order valence-electron chi connectivity index (χ1n) is 5.42. The molecule has 0 saturated heterocycles. The van der Waals surface area contributed by atoms with Crippen LogP contribution in [-0.4, -0.2) is 49.6 Å². The summed E-state index contributed by atoms with van der Waals surface area (Å²) in [4.78, 5) is 10.9. The largest absolute Gasteiger partial charge is 0.480 e. The van der Waals surface area contributed by atoms with Crippen LogP contribution in [0.4, 0.5) is 0 Å². The van der Waals surface area contributed by atoms with Gasteiger partial charge in [-0.05, 0) is 19.4 Å². The number of hydrogen-bond acceptors (Lipinski definition) is 5. The highest BCUT2D eigenvalue weighted by Gasteiger charge is 2.32. The molecule has 0 bridgehead atoms. The molecular formula is C11H21N3O3. The number of ether oxygens (including phenoxy) is 1. The van der Waals surface area contributed by atoms with Gasteiger partial charge in [-0.15, -0.1) is 0 Å². The highest BCUT2D eigenvalue weighted by atomic mass is 16.5. The Balaban J connectivity index is 3.92. The molecule has 1 atom stereocenters. The monoisotopic (exact) mass is 243 g/mol. The van der Waals surface area contributed by atoms with E-state index in [1.54, 1.807) is 6.08 Å². The summed E-state index contributed by atoms with van der Waals surface area (Å²) in [6.07, 6.45) is 5.92. The maximum absolute atomic E-state index is 10.9. The quantitative estimate of drug-likeness (QED) is 0.245. The number of carboxylic acid groups (broad SMARTS) is 1. The minimum absolute atomic E-state index is 0.0152. The van der Waals surface area contributed by atoms with E-state index in [-0.39, 0.29) is 13.0 Å². The van der Waals surface area contributed by atoms with Crippen molar-refractivity contribution in [2.75, 3.05) is 26.8 Å². The molecule has 5 N–H and O–H groups in total. The van der Waals surface area contributed by atoms with Gasteiger partial charge in [0, 0.05) is 19.9 Å². The molecule has 0 aromatic heterocycles. The zero-order valence-corrected chi connectivity index (χ0v) is 10.1. The van der Waals surface area contributed by atoms with Crippen LogP contribution in [0.15, 0.2) is 12.2 Å². The summed E-state index contributed by atoms with van der Waals surface area (Å²) in [7, 11) is 1.43. The Hall–Kier alpha value is -1.24. The Morgan fingerprint density at radius 1 is 1.59 bits per heavy atom. The summed E-state index contributed by atoms with van der Waals surface area (Å²) < 4.78 is 4.80. The number of nitrogens with one attached hydrogen (secondary N) is 2. The molecule has 0 radical (unpaired) electrons. The fourth-order valence-corrected chi connectivity index (χ4v) is 1.24. The van der Waals surface area contributed by atoms with Gasteiger partial charge in [0.1, 0.15) is 5.54 Å². The van der Waals surface area contributed by atoms with Crippen molar-refractivity contribution in [3.63, 3.8) is 0 Å². The maximum atomic E-state index is 10.9. The van der Waals surface area contributed by atoms with E-state index in [1.165, 1.54) is 13.3 Å². The molecule has 0 spiro atoms. The molecule has 6 nitrogen and oxygen atoms in total. The lowest BCUT2D eigenvalue weighted by Crippen LogP contribution is -2.51. The normalized spacial score (nSPS) is 14.7. The van der Waals surface area contributed by atoms with Crippen molar-refractivity contribution in [1.29, 1.82) is 5.41 Å². The average Bonchev–Trinajstić information content (AvgIpc) is 2.28. The van der Waals surface area contributed by atoms with Gasteiger partial charge in [0.05, 0.1) is 6.61 Å². The first-order valence-corrected chi connectivity index (χ1v) is 5.42. The third-order valence-electron chi connectivity index (χ3n) is 2.21. The molecule has 17 heavy (non-hydrogen) atoms. The molecule has 0 aromatic carbocycles. The van der Waals surface area contributed by atoms with Gasteiger partial charge >= 0.3 is 5.97 Å². The molecule has 0 amide bonds. The number of hydrogen-bond donors (Lipinski definition) is 4. The van der Waals surface area contributed by atoms with Crippen LogP contribution >= 0.6 is 0 Å². The van der Waals surface area contributed by atoms with Crippen molar-refractivity contribution in [1.82, 2.24) is 5.32 Å². The van der Waals surface area contributed by atoms with Gasteiger partial charge in [-0.25, -0.2) is 0 Å². The Bertz CT molecular complexity index is 269. The second-order valence-corrected chi connectivity index (χ2v) is 3.77. The van der Waals surface area contributed by atoms with Crippen LogP contribution in [-0.2, 0) is 9.53 Å². The summed E-state index contributed by atoms with van der Waals surface area (Å²) in [6, 6.07) is 0. The summed E-state index contributed by atoms with van der Waals surface area (Å²) in [5.74, 6) is -1.06. The van der Waals surface area contributed by atoms with Gasteiger partial charge in [-0.2, -0.15) is 0 Å². The number of methoxy groups -OCH3 is 1. The summed E-state index contributed by atoms with van der Waals surface area (Å²) >= 11 is 0. The Morgan fingerprint density at radius 3 is 2.82 bits per heavy atom. The number of carbonyl (C=O) groups is 1. The van der Waals surface area contributed by atoms with Crippen LogP contribution in [0.1, 0.15) is 12.8 Å². The number of rotatable bonds is 10. The zero-order chi connectivity index (χ0) is 13.1. The van der Waals surface area contributed by atoms with Gasteiger partial charge in [0.25, 0.3) is 0 Å². The third kappa shape index (κ3) is 6.83. The summed E-state index contributed by atoms with van der Waals surface area (Å²) in [6.45, 7) is 1.28. The van der Waals surface area contributed by atoms with Gasteiger partial charge in [-0.3, -0.25) is 4.79 Å². The van der Waals surface area contributed by atoms with Crippen LogP contribution in [0.2, 0.25) is 0 Å². The average molecular weight is 243 g/mol. The first-order chi connectivity index (χ1) is 8.06. The second-order valence-electron chi connectivity index (χ2n) is 3.77. The smallest absolute Gasteiger partial charge is 0.326 e. The molecule has 0 aromatic rings. The van der Waals surface area contributed by atoms with Crippen LogP contribution in [0.5, 0.6) is 0 Å². The molecular weight excluding hydrogens is 222 g/mol. The lowest BCUT2D eigenvalue weighted by atomic mass is 9.97. The second kappa shape index (κ2) is 8.86. The predicted octanol–water partition coefficient (Wildman–Crippen LogP) is -0.00953. The fourth-order valence-electron chi connectivity index (χ4n) is 1.24. The predicted molar refractivity (Wildman–Crippen MR) is 66.5 cm³/mol. The SMILES string of the molecule is COCC(N)(CC=CCCNCC=N)C(=O)O. The Morgan fingerprint density at radius 2 is 2.29 bits per heavy atom. The number of aliphatic carboxylic acids is 1. The van der Waals surface area contributed by atoms with Crippen LogP contribution < -0.4 is 11.1 Å². The minimum atomic E-state index is -1.35. The van der Waals surface area contributed by atoms with Crippen LogP contribution in [0.3, 0.4) is 0 Å². The Kier molecular flexibility index (Phi) is 8.21. The number of carboxylic acids is 1. The first kappa shape index (κ1) is 15.8. The van der Waals surface area contributed by atoms with E-state index in [0.29, 0.717) is 6.54 Å². The van der Waals surface area contributed by atoms with E-state index in [9.17, 15) is 4.79 Å². The third-order valence-corrected chi connectivity index (χ3v) is 2.21. The van der Waals surface area contributed by atoms with Gasteiger partial charge in [-0.1, -0.05) is 12.2 Å². The highest BCUT2D eigenvalue weighted by molar-refractivity contribution is 5.78. The van der Waals surface area contributed by atoms with Crippen molar-refractivity contribution in [3.05, 3.63) is 12.2 Å². The van der Waals surface area contributed by atoms with Crippen molar-refractivity contribution >= 4 is 12.2 Å². The van der Waals surface area contributed by atoms with Gasteiger partial charge in [0.15, 0.2) is 0 Å². The van der Waals surface area contributed by atoms with Crippen LogP contribution in [0.25, 0.3) is 0 Å². The van der Waals surface area contributed by atoms with E-state index in [2.05, 4.69) is 5.32 Å². The molecule has 0 heterocycles. The molecule has 0 rings (SSSR count). The molecule has 1 unspecified atom stereocenters. The lowest BCUT2D eigenvalue weighted by Gasteiger charge is -2.21. The Labute approximate surface area is 101 Å². The van der Waals surface area contributed by atoms with Crippen molar-refractivity contribution < 1.29 is 14.6 Å². The van der Waals surface area contributed by atoms with Crippen molar-refractivity contribution in [2.45, 2.75) is 18.4 Å². The summed E-state index contributed by atoms with van der Waals surface area (Å²) in [5.41, 5.74) is 4.34. The lowest BCUT2D eigenvalue weighted by molar-refractivity contribution is -0.145. The topological polar surface area (TPSA) is 108 Å². The van der Waals surface area contributed by atoms with E-state index in [1.807, 2.05) is 6.08 Å². The van der Waals surface area contributed by atoms with E-state index >= 15 is 0 Å². The minimum Gasteiger partial charge on any atom is -0.480 e. The molecule has 0 fully saturated rings. The highest BCUT2D eigenvalue weighted by Crippen LogP contribution is 2.09. The number of nitrogens with two attached hydrogens (primary N) is 1. The zero-order valence-electron chi connectivity index (χ0n) is 10.1. The molecule has 0 aliphatic carbocycles. The van der Waals surface area contributed by atoms with Crippen molar-refractivity contribution in [3.8, 4) is 0 Å². The fraction of sp³-hybridized carbons (Fsp3) is 0.636. The molecule has 0 aliphatic rings. The van der Waals surface area contributed by atoms with Crippen molar-refractivity contribution in [2.24, 2.45) is 5.73 Å². The molecule has 6 heteroatoms. The van der Waals surface area contributed by atoms with Gasteiger partial charge < -0.3 is 26.3 Å². The molecule has 0 saturated carbocycles. The van der Waals surface area contributed by atoms with Gasteiger partial charge in [0.2, 0.25) is 0 Å². The maximum Gasteiger partial charge on any atom is 0.326 e. The van der Waals surface area contributed by atoms with Crippen LogP contribution in [0, 0.1) is 5.41 Å². The molecule has 98 valence electrons. The van der Waals surface area contributed by atoms with E-state index in [4.69, 9.17) is 21.0 Å². The van der Waals surface area contributed by atoms with E-state index < -0.39 is 11.5 Å².